The summed E-state index contributed by atoms with van der Waals surface area (Å²) in [5, 5.41) is 5.96. The van der Waals surface area contributed by atoms with E-state index in [0.717, 1.165) is 31.6 Å². The number of aryl methyl sites for hydroxylation is 1. The summed E-state index contributed by atoms with van der Waals surface area (Å²) in [5.74, 6) is -0.172. The van der Waals surface area contributed by atoms with E-state index in [-0.39, 0.29) is 5.91 Å². The van der Waals surface area contributed by atoms with Gasteiger partial charge in [-0.1, -0.05) is 0 Å². The number of thiophene rings is 1. The Morgan fingerprint density at radius 2 is 2.23 bits per heavy atom. The number of benzene rings is 1. The summed E-state index contributed by atoms with van der Waals surface area (Å²) in [7, 11) is 0. The van der Waals surface area contributed by atoms with Crippen LogP contribution in [0.5, 0.6) is 0 Å². The molecule has 1 atom stereocenters. The van der Waals surface area contributed by atoms with Crippen molar-refractivity contribution in [2.45, 2.75) is 19.4 Å². The molecule has 0 radical (unpaired) electrons. The molecule has 3 rings (SSSR count). The molecule has 4 N–H and O–H groups in total. The minimum absolute atomic E-state index is 0.172. The van der Waals surface area contributed by atoms with Crippen LogP contribution >= 0.6 is 27.3 Å². The van der Waals surface area contributed by atoms with Crippen molar-refractivity contribution < 1.29 is 4.79 Å². The Morgan fingerprint density at radius 3 is 2.95 bits per heavy atom. The van der Waals surface area contributed by atoms with Gasteiger partial charge in [0.2, 0.25) is 5.91 Å². The van der Waals surface area contributed by atoms with Gasteiger partial charge in [-0.05, 0) is 70.5 Å². The number of halogens is 1. The first-order valence-electron chi connectivity index (χ1n) is 6.90. The predicted molar refractivity (Wildman–Crippen MR) is 95.4 cm³/mol. The molecule has 2 aromatic heterocycles. The van der Waals surface area contributed by atoms with Gasteiger partial charge in [0.15, 0.2) is 0 Å². The lowest BCUT2D eigenvalue weighted by atomic mass is 10.1. The molecule has 4 nitrogen and oxygen atoms in total. The maximum absolute atomic E-state index is 12.2. The number of aromatic nitrogens is 1. The van der Waals surface area contributed by atoms with Crippen molar-refractivity contribution in [3.05, 3.63) is 50.8 Å². The van der Waals surface area contributed by atoms with E-state index < -0.39 is 6.04 Å². The number of anilines is 1. The van der Waals surface area contributed by atoms with Crippen molar-refractivity contribution in [3.63, 3.8) is 0 Å². The van der Waals surface area contributed by atoms with Crippen LogP contribution in [0, 0.1) is 6.92 Å². The average molecular weight is 378 g/mol. The largest absolute Gasteiger partial charge is 0.359 e. The van der Waals surface area contributed by atoms with E-state index in [1.165, 1.54) is 0 Å². The van der Waals surface area contributed by atoms with Gasteiger partial charge in [0.1, 0.15) is 0 Å². The molecule has 0 bridgehead atoms. The molecule has 0 saturated heterocycles. The lowest BCUT2D eigenvalue weighted by molar-refractivity contribution is -0.117. The number of hydrogen-bond acceptors (Lipinski definition) is 3. The maximum Gasteiger partial charge on any atom is 0.241 e. The maximum atomic E-state index is 12.2. The van der Waals surface area contributed by atoms with Gasteiger partial charge >= 0.3 is 0 Å². The second-order valence-electron chi connectivity index (χ2n) is 5.31. The molecule has 1 aromatic carbocycles. The fourth-order valence-corrected chi connectivity index (χ4v) is 3.61. The third-order valence-corrected chi connectivity index (χ3v) is 4.99. The highest BCUT2D eigenvalue weighted by atomic mass is 79.9. The number of carbonyl (C=O) groups excluding carboxylic acids is 1. The van der Waals surface area contributed by atoms with Gasteiger partial charge in [-0.25, -0.2) is 0 Å². The molecule has 1 unspecified atom stereocenters. The molecule has 0 aliphatic carbocycles. The number of amides is 1. The topological polar surface area (TPSA) is 70.9 Å². The highest BCUT2D eigenvalue weighted by molar-refractivity contribution is 9.11. The molecule has 0 aliphatic heterocycles. The highest BCUT2D eigenvalue weighted by Crippen LogP contribution is 2.22. The van der Waals surface area contributed by atoms with Gasteiger partial charge in [0.05, 0.1) is 9.83 Å². The number of hydrogen-bond donors (Lipinski definition) is 3. The quantitative estimate of drug-likeness (QED) is 0.646. The van der Waals surface area contributed by atoms with Crippen LogP contribution in [-0.4, -0.2) is 16.9 Å². The summed E-state index contributed by atoms with van der Waals surface area (Å²) in [5.41, 5.74) is 9.98. The Morgan fingerprint density at radius 1 is 1.41 bits per heavy atom. The van der Waals surface area contributed by atoms with Crippen molar-refractivity contribution in [2.75, 3.05) is 5.32 Å². The monoisotopic (exact) mass is 377 g/mol. The van der Waals surface area contributed by atoms with Gasteiger partial charge < -0.3 is 16.0 Å². The normalized spacial score (nSPS) is 12.5. The standard InChI is InChI=1S/C16H16BrN3OS/c1-9-4-11-7-12(2-3-14(11)19-9)20-16(21)13(18)5-10-6-15(17)22-8-10/h2-4,6-8,13,19H,5,18H2,1H3,(H,20,21). The zero-order chi connectivity index (χ0) is 15.7. The molecule has 22 heavy (non-hydrogen) atoms. The zero-order valence-electron chi connectivity index (χ0n) is 12.0. The Balaban J connectivity index is 1.68. The van der Waals surface area contributed by atoms with Gasteiger partial charge in [-0.3, -0.25) is 4.79 Å². The molecule has 2 heterocycles. The number of nitrogens with two attached hydrogens (primary N) is 1. The molecule has 0 fully saturated rings. The van der Waals surface area contributed by atoms with Crippen LogP contribution < -0.4 is 11.1 Å². The van der Waals surface area contributed by atoms with E-state index >= 15 is 0 Å². The van der Waals surface area contributed by atoms with Crippen LogP contribution in [0.25, 0.3) is 10.9 Å². The van der Waals surface area contributed by atoms with Gasteiger partial charge in [-0.15, -0.1) is 11.3 Å². The third kappa shape index (κ3) is 3.40. The fraction of sp³-hybridized carbons (Fsp3) is 0.188. The van der Waals surface area contributed by atoms with Crippen molar-refractivity contribution >= 4 is 49.8 Å². The van der Waals surface area contributed by atoms with Crippen LogP contribution in [0.1, 0.15) is 11.3 Å². The molecule has 3 aromatic rings. The molecular formula is C16H16BrN3OS. The van der Waals surface area contributed by atoms with Crippen LogP contribution in [0.4, 0.5) is 5.69 Å². The molecule has 1 amide bonds. The summed E-state index contributed by atoms with van der Waals surface area (Å²) < 4.78 is 1.04. The number of carbonyl (C=O) groups is 1. The zero-order valence-corrected chi connectivity index (χ0v) is 14.4. The number of aromatic amines is 1. The molecular weight excluding hydrogens is 362 g/mol. The van der Waals surface area contributed by atoms with Crippen LogP contribution in [0.2, 0.25) is 0 Å². The van der Waals surface area contributed by atoms with Crippen molar-refractivity contribution in [2.24, 2.45) is 5.73 Å². The summed E-state index contributed by atoms with van der Waals surface area (Å²) in [6.45, 7) is 2.01. The lowest BCUT2D eigenvalue weighted by Crippen LogP contribution is -2.37. The van der Waals surface area contributed by atoms with E-state index in [0.29, 0.717) is 6.42 Å². The number of H-pyrrole nitrogens is 1. The SMILES string of the molecule is Cc1cc2cc(NC(=O)C(N)Cc3csc(Br)c3)ccc2[nH]1. The van der Waals surface area contributed by atoms with Crippen molar-refractivity contribution in [3.8, 4) is 0 Å². The minimum atomic E-state index is -0.565. The van der Waals surface area contributed by atoms with Crippen LogP contribution in [0.3, 0.4) is 0 Å². The van der Waals surface area contributed by atoms with Gasteiger partial charge in [0.25, 0.3) is 0 Å². The number of rotatable bonds is 4. The molecule has 0 aliphatic rings. The molecule has 114 valence electrons. The number of fused-ring (bicyclic) bond motifs is 1. The number of nitrogens with one attached hydrogen (secondary N) is 2. The average Bonchev–Trinajstić information content (AvgIpc) is 3.03. The third-order valence-electron chi connectivity index (χ3n) is 3.44. The summed E-state index contributed by atoms with van der Waals surface area (Å²) >= 11 is 5.00. The molecule has 0 spiro atoms. The van der Waals surface area contributed by atoms with E-state index in [1.54, 1.807) is 11.3 Å². The summed E-state index contributed by atoms with van der Waals surface area (Å²) in [6.07, 6.45) is 0.527. The van der Waals surface area contributed by atoms with E-state index in [9.17, 15) is 4.79 Å². The molecule has 6 heteroatoms. The smallest absolute Gasteiger partial charge is 0.241 e. The minimum Gasteiger partial charge on any atom is -0.359 e. The van der Waals surface area contributed by atoms with Crippen molar-refractivity contribution in [1.29, 1.82) is 0 Å². The fourth-order valence-electron chi connectivity index (χ4n) is 2.39. The van der Waals surface area contributed by atoms with Gasteiger partial charge in [0, 0.05) is 22.3 Å². The summed E-state index contributed by atoms with van der Waals surface area (Å²) in [6, 6.07) is 9.26. The Bertz CT molecular complexity index is 824. The molecule has 0 saturated carbocycles. The van der Waals surface area contributed by atoms with Crippen LogP contribution in [-0.2, 0) is 11.2 Å². The Hall–Kier alpha value is -1.63. The predicted octanol–water partition coefficient (Wildman–Crippen LogP) is 3.81. The first-order valence-corrected chi connectivity index (χ1v) is 8.57. The second-order valence-corrected chi connectivity index (χ2v) is 7.60. The first kappa shape index (κ1) is 15.3. The highest BCUT2D eigenvalue weighted by Gasteiger charge is 2.15. The Labute approximate surface area is 140 Å². The van der Waals surface area contributed by atoms with Crippen LogP contribution in [0.15, 0.2) is 39.5 Å². The van der Waals surface area contributed by atoms with Gasteiger partial charge in [-0.2, -0.15) is 0 Å². The van der Waals surface area contributed by atoms with E-state index in [1.807, 2.05) is 42.6 Å². The Kier molecular flexibility index (Phi) is 4.33. The van der Waals surface area contributed by atoms with E-state index in [4.69, 9.17) is 5.73 Å². The first-order chi connectivity index (χ1) is 10.5. The summed E-state index contributed by atoms with van der Waals surface area (Å²) in [4.78, 5) is 15.5. The van der Waals surface area contributed by atoms with Crippen molar-refractivity contribution in [1.82, 2.24) is 4.98 Å². The second kappa shape index (κ2) is 6.24. The lowest BCUT2D eigenvalue weighted by Gasteiger charge is -2.11. The van der Waals surface area contributed by atoms with E-state index in [2.05, 4.69) is 26.2 Å².